The number of methoxy groups -OCH3 is 1. The highest BCUT2D eigenvalue weighted by molar-refractivity contribution is 6.04. The average Bonchev–Trinajstić information content (AvgIpc) is 3.20. The molecular formula is C20H21NO5. The van der Waals surface area contributed by atoms with Gasteiger partial charge < -0.3 is 19.5 Å². The molecule has 136 valence electrons. The molecule has 1 aliphatic rings. The van der Waals surface area contributed by atoms with E-state index in [4.69, 9.17) is 9.47 Å². The van der Waals surface area contributed by atoms with Crippen LogP contribution in [-0.2, 0) is 9.47 Å². The van der Waals surface area contributed by atoms with Gasteiger partial charge in [0.15, 0.2) is 0 Å². The number of hydrogen-bond donors (Lipinski definition) is 1. The summed E-state index contributed by atoms with van der Waals surface area (Å²) in [5, 5.41) is 2.81. The summed E-state index contributed by atoms with van der Waals surface area (Å²) in [6.45, 7) is 1.35. The lowest BCUT2D eigenvalue weighted by molar-refractivity contribution is 0.0600. The first-order chi connectivity index (χ1) is 12.7. The zero-order valence-corrected chi connectivity index (χ0v) is 14.6. The van der Waals surface area contributed by atoms with Crippen LogP contribution >= 0.6 is 0 Å². The normalized spacial score (nSPS) is 16.1. The molecule has 1 atom stereocenters. The summed E-state index contributed by atoms with van der Waals surface area (Å²) in [6.07, 6.45) is 2.28. The highest BCUT2D eigenvalue weighted by Crippen LogP contribution is 2.19. The first-order valence-electron chi connectivity index (χ1n) is 8.50. The predicted octanol–water partition coefficient (Wildman–Crippen LogP) is 3.28. The van der Waals surface area contributed by atoms with E-state index < -0.39 is 5.97 Å². The number of anilines is 1. The smallest absolute Gasteiger partial charge is 0.337 e. The van der Waals surface area contributed by atoms with E-state index in [1.807, 2.05) is 12.1 Å². The third-order valence-electron chi connectivity index (χ3n) is 4.14. The molecule has 26 heavy (non-hydrogen) atoms. The number of hydrogen-bond acceptors (Lipinski definition) is 5. The lowest BCUT2D eigenvalue weighted by Crippen LogP contribution is -2.16. The van der Waals surface area contributed by atoms with E-state index in [-0.39, 0.29) is 12.0 Å². The van der Waals surface area contributed by atoms with Gasteiger partial charge in [-0.25, -0.2) is 4.79 Å². The minimum absolute atomic E-state index is 0.169. The van der Waals surface area contributed by atoms with Crippen molar-refractivity contribution in [3.8, 4) is 5.75 Å². The summed E-state index contributed by atoms with van der Waals surface area (Å²) >= 11 is 0. The summed E-state index contributed by atoms with van der Waals surface area (Å²) in [5.74, 6) is 0.0471. The fraction of sp³-hybridized carbons (Fsp3) is 0.300. The Morgan fingerprint density at radius 1 is 1.08 bits per heavy atom. The predicted molar refractivity (Wildman–Crippen MR) is 96.6 cm³/mol. The molecule has 1 heterocycles. The van der Waals surface area contributed by atoms with Gasteiger partial charge in [0.2, 0.25) is 0 Å². The van der Waals surface area contributed by atoms with Gasteiger partial charge in [-0.05, 0) is 61.4 Å². The van der Waals surface area contributed by atoms with Crippen LogP contribution in [0.15, 0.2) is 48.5 Å². The summed E-state index contributed by atoms with van der Waals surface area (Å²) in [5.41, 5.74) is 1.52. The Morgan fingerprint density at radius 3 is 2.38 bits per heavy atom. The van der Waals surface area contributed by atoms with Crippen molar-refractivity contribution in [2.75, 3.05) is 25.6 Å². The number of nitrogens with one attached hydrogen (secondary N) is 1. The molecule has 0 aliphatic carbocycles. The van der Waals surface area contributed by atoms with Gasteiger partial charge in [0, 0.05) is 17.9 Å². The van der Waals surface area contributed by atoms with Gasteiger partial charge in [-0.3, -0.25) is 4.79 Å². The molecule has 0 saturated carbocycles. The molecule has 0 radical (unpaired) electrons. The van der Waals surface area contributed by atoms with E-state index in [1.54, 1.807) is 36.4 Å². The first kappa shape index (κ1) is 17.9. The number of rotatable bonds is 6. The molecule has 3 rings (SSSR count). The SMILES string of the molecule is COC(=O)c1ccc(C(=O)Nc2ccc(OCC3CCCO3)cc2)cc1. The van der Waals surface area contributed by atoms with Crippen LogP contribution in [0, 0.1) is 0 Å². The van der Waals surface area contributed by atoms with Crippen molar-refractivity contribution in [3.63, 3.8) is 0 Å². The van der Waals surface area contributed by atoms with Gasteiger partial charge in [0.1, 0.15) is 12.4 Å². The van der Waals surface area contributed by atoms with Crippen LogP contribution in [0.5, 0.6) is 5.75 Å². The molecule has 6 heteroatoms. The molecule has 0 spiro atoms. The van der Waals surface area contributed by atoms with E-state index in [1.165, 1.54) is 7.11 Å². The Labute approximate surface area is 152 Å². The standard InChI is InChI=1S/C20H21NO5/c1-24-20(23)15-6-4-14(5-7-15)19(22)21-16-8-10-17(11-9-16)26-13-18-3-2-12-25-18/h4-11,18H,2-3,12-13H2,1H3,(H,21,22). The van der Waals surface area contributed by atoms with Crippen LogP contribution in [0.25, 0.3) is 0 Å². The molecule has 1 N–H and O–H groups in total. The fourth-order valence-electron chi connectivity index (χ4n) is 2.68. The second kappa shape index (κ2) is 8.49. The minimum Gasteiger partial charge on any atom is -0.491 e. The monoisotopic (exact) mass is 355 g/mol. The second-order valence-electron chi connectivity index (χ2n) is 5.99. The van der Waals surface area contributed by atoms with Crippen LogP contribution in [-0.4, -0.2) is 38.3 Å². The maximum absolute atomic E-state index is 12.3. The molecule has 6 nitrogen and oxygen atoms in total. The van der Waals surface area contributed by atoms with Gasteiger partial charge in [0.05, 0.1) is 18.8 Å². The van der Waals surface area contributed by atoms with Crippen LogP contribution in [0.2, 0.25) is 0 Å². The van der Waals surface area contributed by atoms with Crippen molar-refractivity contribution in [1.82, 2.24) is 0 Å². The molecule has 1 saturated heterocycles. The largest absolute Gasteiger partial charge is 0.491 e. The summed E-state index contributed by atoms with van der Waals surface area (Å²) < 4.78 is 15.9. The molecular weight excluding hydrogens is 334 g/mol. The maximum Gasteiger partial charge on any atom is 0.337 e. The third kappa shape index (κ3) is 4.61. The minimum atomic E-state index is -0.435. The number of carbonyl (C=O) groups excluding carboxylic acids is 2. The topological polar surface area (TPSA) is 73.9 Å². The molecule has 0 bridgehead atoms. The molecule has 2 aromatic carbocycles. The van der Waals surface area contributed by atoms with Crippen molar-refractivity contribution >= 4 is 17.6 Å². The van der Waals surface area contributed by atoms with Crippen LogP contribution in [0.3, 0.4) is 0 Å². The van der Waals surface area contributed by atoms with Crippen molar-refractivity contribution in [2.45, 2.75) is 18.9 Å². The first-order valence-corrected chi connectivity index (χ1v) is 8.50. The van der Waals surface area contributed by atoms with Gasteiger partial charge in [0.25, 0.3) is 5.91 Å². The van der Waals surface area contributed by atoms with E-state index in [2.05, 4.69) is 10.1 Å². The van der Waals surface area contributed by atoms with Crippen molar-refractivity contribution in [3.05, 3.63) is 59.7 Å². The third-order valence-corrected chi connectivity index (χ3v) is 4.14. The summed E-state index contributed by atoms with van der Waals surface area (Å²) in [4.78, 5) is 23.7. The molecule has 2 aromatic rings. The Bertz CT molecular complexity index is 749. The zero-order valence-electron chi connectivity index (χ0n) is 14.6. The Hall–Kier alpha value is -2.86. The van der Waals surface area contributed by atoms with Gasteiger partial charge in [-0.15, -0.1) is 0 Å². The maximum atomic E-state index is 12.3. The number of amides is 1. The molecule has 1 amide bonds. The average molecular weight is 355 g/mol. The van der Waals surface area contributed by atoms with Crippen molar-refractivity contribution in [1.29, 1.82) is 0 Å². The van der Waals surface area contributed by atoms with Crippen LogP contribution < -0.4 is 10.1 Å². The number of esters is 1. The Kier molecular flexibility index (Phi) is 5.86. The van der Waals surface area contributed by atoms with Crippen molar-refractivity contribution in [2.24, 2.45) is 0 Å². The number of ether oxygens (including phenoxy) is 3. The van der Waals surface area contributed by atoms with E-state index in [9.17, 15) is 9.59 Å². The second-order valence-corrected chi connectivity index (χ2v) is 5.99. The van der Waals surface area contributed by atoms with E-state index in [0.717, 1.165) is 25.2 Å². The fourth-order valence-corrected chi connectivity index (χ4v) is 2.68. The molecule has 1 unspecified atom stereocenters. The lowest BCUT2D eigenvalue weighted by atomic mass is 10.1. The quantitative estimate of drug-likeness (QED) is 0.805. The molecule has 1 fully saturated rings. The van der Waals surface area contributed by atoms with E-state index >= 15 is 0 Å². The molecule has 1 aliphatic heterocycles. The van der Waals surface area contributed by atoms with Gasteiger partial charge in [-0.2, -0.15) is 0 Å². The van der Waals surface area contributed by atoms with Gasteiger partial charge >= 0.3 is 5.97 Å². The Morgan fingerprint density at radius 2 is 1.77 bits per heavy atom. The zero-order chi connectivity index (χ0) is 18.4. The number of carbonyl (C=O) groups is 2. The van der Waals surface area contributed by atoms with Gasteiger partial charge in [-0.1, -0.05) is 0 Å². The van der Waals surface area contributed by atoms with Crippen LogP contribution in [0.4, 0.5) is 5.69 Å². The highest BCUT2D eigenvalue weighted by atomic mass is 16.5. The summed E-state index contributed by atoms with van der Waals surface area (Å²) in [6, 6.07) is 13.5. The summed E-state index contributed by atoms with van der Waals surface area (Å²) in [7, 11) is 1.32. The van der Waals surface area contributed by atoms with E-state index in [0.29, 0.717) is 23.4 Å². The Balaban J connectivity index is 1.54. The van der Waals surface area contributed by atoms with Crippen molar-refractivity contribution < 1.29 is 23.8 Å². The lowest BCUT2D eigenvalue weighted by Gasteiger charge is -2.12. The highest BCUT2D eigenvalue weighted by Gasteiger charge is 2.16. The number of benzene rings is 2. The van der Waals surface area contributed by atoms with Crippen LogP contribution in [0.1, 0.15) is 33.6 Å². The molecule has 0 aromatic heterocycles.